The molecule has 292 valence electrons. The number of nitrogens with one attached hydrogen (secondary N) is 6. The van der Waals surface area contributed by atoms with E-state index in [9.17, 15) is 48.6 Å². The van der Waals surface area contributed by atoms with Crippen LogP contribution in [0.3, 0.4) is 0 Å². The molecular weight excluding hydrogens is 694 g/mol. The Morgan fingerprint density at radius 1 is 0.717 bits per heavy atom. The van der Waals surface area contributed by atoms with Crippen LogP contribution < -0.4 is 43.8 Å². The van der Waals surface area contributed by atoms with Gasteiger partial charge in [-0.1, -0.05) is 45.9 Å². The zero-order valence-electron chi connectivity index (χ0n) is 30.1. The van der Waals surface area contributed by atoms with E-state index >= 15 is 0 Å². The summed E-state index contributed by atoms with van der Waals surface area (Å²) in [6.07, 6.45) is 0.00667. The summed E-state index contributed by atoms with van der Waals surface area (Å²) in [5.74, 6) is -8.27. The second kappa shape index (κ2) is 20.5. The Hall–Kier alpha value is -5.56. The highest BCUT2D eigenvalue weighted by Crippen LogP contribution is 2.20. The third-order valence-electron chi connectivity index (χ3n) is 8.24. The Morgan fingerprint density at radius 2 is 1.25 bits per heavy atom. The quantitative estimate of drug-likeness (QED) is 0.0593. The number of carbonyl (C=O) groups is 8. The van der Waals surface area contributed by atoms with Gasteiger partial charge in [0, 0.05) is 29.9 Å². The second-order valence-corrected chi connectivity index (χ2v) is 13.5. The molecular formula is C34H51N9O10. The molecule has 2 rings (SSSR count). The normalized spacial score (nSPS) is 14.6. The van der Waals surface area contributed by atoms with Crippen LogP contribution in [-0.4, -0.2) is 105 Å². The Morgan fingerprint density at radius 3 is 1.81 bits per heavy atom. The van der Waals surface area contributed by atoms with E-state index in [0.29, 0.717) is 16.5 Å². The van der Waals surface area contributed by atoms with E-state index in [-0.39, 0.29) is 37.5 Å². The van der Waals surface area contributed by atoms with Gasteiger partial charge in [0.1, 0.15) is 30.2 Å². The van der Waals surface area contributed by atoms with Gasteiger partial charge in [0.2, 0.25) is 41.4 Å². The van der Waals surface area contributed by atoms with E-state index in [2.05, 4.69) is 31.6 Å². The molecule has 19 heteroatoms. The van der Waals surface area contributed by atoms with Crippen molar-refractivity contribution >= 4 is 58.2 Å². The molecule has 0 aliphatic rings. The summed E-state index contributed by atoms with van der Waals surface area (Å²) in [6, 6.07) is -1.34. The predicted molar refractivity (Wildman–Crippen MR) is 191 cm³/mol. The maximum absolute atomic E-state index is 13.9. The number of benzene rings is 1. The first-order chi connectivity index (χ1) is 24.8. The number of aliphatic carboxylic acids is 1. The van der Waals surface area contributed by atoms with Crippen molar-refractivity contribution in [1.82, 2.24) is 31.6 Å². The first kappa shape index (κ1) is 43.6. The second-order valence-electron chi connectivity index (χ2n) is 13.5. The van der Waals surface area contributed by atoms with Gasteiger partial charge in [-0.25, -0.2) is 4.79 Å². The number of hydrogen-bond donors (Lipinski definition) is 11. The van der Waals surface area contributed by atoms with E-state index in [1.807, 2.05) is 0 Å². The van der Waals surface area contributed by atoms with Crippen molar-refractivity contribution < 1.29 is 48.6 Å². The Balaban J connectivity index is 2.42. The molecule has 1 heterocycles. The lowest BCUT2D eigenvalue weighted by Crippen LogP contribution is -2.60. The lowest BCUT2D eigenvalue weighted by Gasteiger charge is -2.27. The number of nitrogens with two attached hydrogens (primary N) is 3. The van der Waals surface area contributed by atoms with Crippen LogP contribution in [0.2, 0.25) is 0 Å². The molecule has 0 aliphatic heterocycles. The summed E-state index contributed by atoms with van der Waals surface area (Å²) in [4.78, 5) is 105. The summed E-state index contributed by atoms with van der Waals surface area (Å²) in [5, 5.41) is 32.2. The van der Waals surface area contributed by atoms with Crippen LogP contribution in [-0.2, 0) is 44.8 Å². The van der Waals surface area contributed by atoms with Crippen LogP contribution in [0.5, 0.6) is 0 Å². The van der Waals surface area contributed by atoms with Gasteiger partial charge in [-0.2, -0.15) is 0 Å². The molecule has 0 saturated heterocycles. The zero-order valence-corrected chi connectivity index (χ0v) is 30.1. The molecule has 0 radical (unpaired) electrons. The number of aromatic amines is 1. The summed E-state index contributed by atoms with van der Waals surface area (Å²) in [7, 11) is 0. The van der Waals surface area contributed by atoms with E-state index in [4.69, 9.17) is 17.2 Å². The maximum Gasteiger partial charge on any atom is 0.326 e. The standard InChI is InChI=1S/C34H51N9O10/c1-16(2)11-22(40-32(50)25(15-44)43-33(51)28(37)17(3)4)29(47)41-23(12-18-14-38-20-8-6-5-7-19(18)20)30(48)42-24(13-27(36)46)31(49)39-21(34(52)53)9-10-26(35)45/h5-8,14,16-17,21-25,28,38,44H,9-13,15,37H2,1-4H3,(H2,35,45)(H2,36,46)(H,39,49)(H,40,50)(H,41,47)(H,42,48)(H,43,51)(H,52,53)/t21-,22-,23-,24-,25-,28-/m0/s1. The molecule has 0 unspecified atom stereocenters. The van der Waals surface area contributed by atoms with Gasteiger partial charge in [-0.05, 0) is 36.3 Å². The number of aromatic nitrogens is 1. The number of fused-ring (bicyclic) bond motifs is 1. The lowest BCUT2D eigenvalue weighted by atomic mass is 10.00. The monoisotopic (exact) mass is 745 g/mol. The number of hydrogen-bond acceptors (Lipinski definition) is 10. The molecule has 2 aromatic rings. The molecule has 0 bridgehead atoms. The minimum Gasteiger partial charge on any atom is -0.480 e. The first-order valence-corrected chi connectivity index (χ1v) is 17.1. The zero-order chi connectivity index (χ0) is 40.0. The molecule has 1 aromatic carbocycles. The van der Waals surface area contributed by atoms with E-state index in [0.717, 1.165) is 0 Å². The minimum absolute atomic E-state index is 0.0607. The highest BCUT2D eigenvalue weighted by molar-refractivity contribution is 5.98. The molecule has 1 aromatic heterocycles. The summed E-state index contributed by atoms with van der Waals surface area (Å²) in [5.41, 5.74) is 17.6. The van der Waals surface area contributed by atoms with Crippen LogP contribution in [0.4, 0.5) is 0 Å². The number of carboxylic acid groups (broad SMARTS) is 1. The highest BCUT2D eigenvalue weighted by atomic mass is 16.4. The van der Waals surface area contributed by atoms with Gasteiger partial charge in [-0.3, -0.25) is 33.6 Å². The molecule has 6 atom stereocenters. The van der Waals surface area contributed by atoms with Crippen molar-refractivity contribution in [3.63, 3.8) is 0 Å². The van der Waals surface area contributed by atoms with Gasteiger partial charge >= 0.3 is 5.97 Å². The van der Waals surface area contributed by atoms with Gasteiger partial charge < -0.3 is 59.0 Å². The number of carbonyl (C=O) groups excluding carboxylic acids is 7. The Kier molecular flexibility index (Phi) is 16.8. The van der Waals surface area contributed by atoms with Crippen molar-refractivity contribution in [2.45, 2.75) is 96.1 Å². The molecule has 19 nitrogen and oxygen atoms in total. The molecule has 0 spiro atoms. The largest absolute Gasteiger partial charge is 0.480 e. The molecule has 53 heavy (non-hydrogen) atoms. The number of para-hydroxylation sites is 1. The van der Waals surface area contributed by atoms with Gasteiger partial charge in [0.25, 0.3) is 0 Å². The number of primary amides is 2. The fourth-order valence-corrected chi connectivity index (χ4v) is 5.24. The number of H-pyrrole nitrogens is 1. The minimum atomic E-state index is -1.70. The lowest BCUT2D eigenvalue weighted by molar-refractivity contribution is -0.142. The van der Waals surface area contributed by atoms with Gasteiger partial charge in [0.15, 0.2) is 0 Å². The SMILES string of the molecule is CC(C)C[C@H](NC(=O)[C@H](CO)NC(=O)[C@@H](N)C(C)C)C(=O)N[C@@H](Cc1c[nH]c2ccccc12)C(=O)N[C@@H](CC(N)=O)C(=O)N[C@@H](CCC(N)=O)C(=O)O. The van der Waals surface area contributed by atoms with Crippen molar-refractivity contribution in [3.05, 3.63) is 36.0 Å². The predicted octanol–water partition coefficient (Wildman–Crippen LogP) is -2.62. The number of aliphatic hydroxyl groups is 1. The summed E-state index contributed by atoms with van der Waals surface area (Å²) >= 11 is 0. The molecule has 0 saturated carbocycles. The Labute approximate surface area is 305 Å². The third kappa shape index (κ3) is 13.8. The number of carboxylic acids is 1. The van der Waals surface area contributed by atoms with Gasteiger partial charge in [0.05, 0.1) is 19.1 Å². The van der Waals surface area contributed by atoms with Gasteiger partial charge in [-0.15, -0.1) is 0 Å². The maximum atomic E-state index is 13.9. The summed E-state index contributed by atoms with van der Waals surface area (Å²) in [6.45, 7) is 6.14. The number of aliphatic hydroxyl groups excluding tert-OH is 1. The van der Waals surface area contributed by atoms with E-state index in [1.54, 1.807) is 58.2 Å². The number of rotatable bonds is 22. The van der Waals surface area contributed by atoms with Crippen LogP contribution in [0.25, 0.3) is 10.9 Å². The van der Waals surface area contributed by atoms with Crippen molar-refractivity contribution in [2.24, 2.45) is 29.0 Å². The fourth-order valence-electron chi connectivity index (χ4n) is 5.24. The third-order valence-corrected chi connectivity index (χ3v) is 8.24. The summed E-state index contributed by atoms with van der Waals surface area (Å²) < 4.78 is 0. The fraction of sp³-hybridized carbons (Fsp3) is 0.529. The van der Waals surface area contributed by atoms with Crippen molar-refractivity contribution in [1.29, 1.82) is 0 Å². The van der Waals surface area contributed by atoms with Crippen LogP contribution in [0.1, 0.15) is 58.9 Å². The van der Waals surface area contributed by atoms with E-state index in [1.165, 1.54) is 0 Å². The van der Waals surface area contributed by atoms with Crippen molar-refractivity contribution in [3.8, 4) is 0 Å². The first-order valence-electron chi connectivity index (χ1n) is 17.1. The smallest absolute Gasteiger partial charge is 0.326 e. The number of amides is 7. The highest BCUT2D eigenvalue weighted by Gasteiger charge is 2.34. The van der Waals surface area contributed by atoms with E-state index < -0.39 is 96.6 Å². The van der Waals surface area contributed by atoms with Crippen LogP contribution in [0, 0.1) is 11.8 Å². The Bertz CT molecular complexity index is 1640. The van der Waals surface area contributed by atoms with Crippen LogP contribution in [0.15, 0.2) is 30.5 Å². The topological polar surface area (TPSA) is 331 Å². The molecule has 14 N–H and O–H groups in total. The molecule has 7 amide bonds. The average molecular weight is 746 g/mol. The molecule has 0 aliphatic carbocycles. The average Bonchev–Trinajstić information content (AvgIpc) is 3.49. The van der Waals surface area contributed by atoms with Crippen LogP contribution >= 0.6 is 0 Å². The molecule has 0 fully saturated rings. The van der Waals surface area contributed by atoms with Crippen molar-refractivity contribution in [2.75, 3.05) is 6.61 Å².